The minimum Gasteiger partial charge on any atom is -0.399 e. The highest BCUT2D eigenvalue weighted by molar-refractivity contribution is 7.86. The molecule has 13 heteroatoms. The maximum Gasteiger partial charge on any atom is 0.416 e. The Morgan fingerprint density at radius 1 is 1.12 bits per heavy atom. The zero-order chi connectivity index (χ0) is 24.0. The van der Waals surface area contributed by atoms with Crippen LogP contribution in [0, 0.1) is 6.92 Å². The monoisotopic (exact) mass is 486 g/mol. The molecule has 1 fully saturated rings. The summed E-state index contributed by atoms with van der Waals surface area (Å²) in [5, 5.41) is 3.13. The fraction of sp³-hybridized carbons (Fsp3) is 0.500. The van der Waals surface area contributed by atoms with Gasteiger partial charge in [-0.25, -0.2) is 9.97 Å². The van der Waals surface area contributed by atoms with Crippen LogP contribution in [0.2, 0.25) is 0 Å². The number of hydrogen-bond acceptors (Lipinski definition) is 7. The summed E-state index contributed by atoms with van der Waals surface area (Å²) in [6.45, 7) is 4.76. The van der Waals surface area contributed by atoms with Gasteiger partial charge in [0.1, 0.15) is 11.6 Å². The molecular weight excluding hydrogens is 461 g/mol. The molecule has 3 heterocycles. The van der Waals surface area contributed by atoms with E-state index in [2.05, 4.69) is 15.3 Å². The number of nitrogens with zero attached hydrogens (tertiary/aromatic N) is 4. The summed E-state index contributed by atoms with van der Waals surface area (Å²) in [6, 6.07) is 2.82. The summed E-state index contributed by atoms with van der Waals surface area (Å²) in [5.41, 5.74) is 6.37. The first-order valence-corrected chi connectivity index (χ1v) is 11.8. The lowest BCUT2D eigenvalue weighted by atomic mass is 10.0. The van der Waals surface area contributed by atoms with Gasteiger partial charge in [0.05, 0.1) is 37.1 Å². The van der Waals surface area contributed by atoms with E-state index in [1.807, 2.05) is 0 Å². The standard InChI is InChI=1S/C20H25F3N6O3S/c1-12(14-7-15(20(21,22)23)9-16(24)8-14)25-19-17-10-29(11-18(17)26-13(2)27-19)33(30,31)28-3-5-32-6-4-28/h7-9,12H,3-6,10-11,24H2,1-2H3,(H,25,26,27)/t12-/m1/s1. The van der Waals surface area contributed by atoms with Gasteiger partial charge in [0.15, 0.2) is 0 Å². The Bertz CT molecular complexity index is 1150. The smallest absolute Gasteiger partial charge is 0.399 e. The third kappa shape index (κ3) is 4.90. The number of halogens is 3. The van der Waals surface area contributed by atoms with Crippen molar-refractivity contribution in [3.8, 4) is 0 Å². The van der Waals surface area contributed by atoms with Crippen LogP contribution in [-0.4, -0.2) is 53.3 Å². The molecule has 33 heavy (non-hydrogen) atoms. The second kappa shape index (κ2) is 8.70. The summed E-state index contributed by atoms with van der Waals surface area (Å²) in [4.78, 5) is 8.80. The molecule has 0 radical (unpaired) electrons. The molecule has 0 bridgehead atoms. The number of fused-ring (bicyclic) bond motifs is 1. The van der Waals surface area contributed by atoms with Crippen LogP contribution in [0.4, 0.5) is 24.7 Å². The van der Waals surface area contributed by atoms with Gasteiger partial charge >= 0.3 is 6.18 Å². The van der Waals surface area contributed by atoms with Gasteiger partial charge in [0, 0.05) is 30.9 Å². The van der Waals surface area contributed by atoms with E-state index in [1.165, 1.54) is 14.7 Å². The van der Waals surface area contributed by atoms with Crippen molar-refractivity contribution in [2.45, 2.75) is 39.2 Å². The molecule has 2 aliphatic heterocycles. The molecule has 4 rings (SSSR count). The fourth-order valence-corrected chi connectivity index (χ4v) is 5.47. The average molecular weight is 487 g/mol. The fourth-order valence-electron chi connectivity index (χ4n) is 3.95. The minimum absolute atomic E-state index is 0.000326. The van der Waals surface area contributed by atoms with Crippen LogP contribution >= 0.6 is 0 Å². The van der Waals surface area contributed by atoms with Crippen molar-refractivity contribution in [2.75, 3.05) is 37.4 Å². The molecule has 0 amide bonds. The average Bonchev–Trinajstić information content (AvgIpc) is 3.18. The summed E-state index contributed by atoms with van der Waals surface area (Å²) in [7, 11) is -3.72. The van der Waals surface area contributed by atoms with Gasteiger partial charge in [-0.15, -0.1) is 0 Å². The van der Waals surface area contributed by atoms with Crippen molar-refractivity contribution < 1.29 is 26.3 Å². The number of anilines is 2. The Labute approximate surface area is 189 Å². The SMILES string of the molecule is Cc1nc2c(c(N[C@H](C)c3cc(N)cc(C(F)(F)F)c3)n1)CN(S(=O)(=O)N1CCOCC1)C2. The van der Waals surface area contributed by atoms with Gasteiger partial charge < -0.3 is 15.8 Å². The molecule has 9 nitrogen and oxygen atoms in total. The summed E-state index contributed by atoms with van der Waals surface area (Å²) < 4.78 is 73.7. The zero-order valence-electron chi connectivity index (χ0n) is 18.2. The molecule has 1 aromatic carbocycles. The van der Waals surface area contributed by atoms with Crippen LogP contribution in [0.25, 0.3) is 0 Å². The van der Waals surface area contributed by atoms with E-state index in [-0.39, 0.29) is 31.9 Å². The maximum atomic E-state index is 13.2. The minimum atomic E-state index is -4.52. The van der Waals surface area contributed by atoms with E-state index in [0.29, 0.717) is 41.7 Å². The molecule has 1 saturated heterocycles. The first-order chi connectivity index (χ1) is 15.4. The lowest BCUT2D eigenvalue weighted by molar-refractivity contribution is -0.137. The zero-order valence-corrected chi connectivity index (χ0v) is 19.0. The van der Waals surface area contributed by atoms with Crippen LogP contribution in [0.1, 0.15) is 41.2 Å². The predicted molar refractivity (Wildman–Crippen MR) is 115 cm³/mol. The second-order valence-corrected chi connectivity index (χ2v) is 10.0. The topological polar surface area (TPSA) is 114 Å². The number of alkyl halides is 3. The number of nitrogen functional groups attached to an aromatic ring is 1. The van der Waals surface area contributed by atoms with Gasteiger partial charge in [0.2, 0.25) is 0 Å². The third-order valence-electron chi connectivity index (χ3n) is 5.65. The van der Waals surface area contributed by atoms with Gasteiger partial charge in [-0.3, -0.25) is 0 Å². The van der Waals surface area contributed by atoms with Gasteiger partial charge in [0.25, 0.3) is 10.2 Å². The Morgan fingerprint density at radius 2 is 1.82 bits per heavy atom. The molecule has 0 unspecified atom stereocenters. The lowest BCUT2D eigenvalue weighted by Crippen LogP contribution is -2.46. The number of aromatic nitrogens is 2. The number of morpholine rings is 1. The Kier molecular flexibility index (Phi) is 6.24. The van der Waals surface area contributed by atoms with Crippen LogP contribution in [-0.2, 0) is 34.2 Å². The largest absolute Gasteiger partial charge is 0.416 e. The number of hydrogen-bond donors (Lipinski definition) is 2. The van der Waals surface area contributed by atoms with Crippen molar-refractivity contribution in [1.82, 2.24) is 18.6 Å². The highest BCUT2D eigenvalue weighted by atomic mass is 32.2. The predicted octanol–water partition coefficient (Wildman–Crippen LogP) is 2.45. The van der Waals surface area contributed by atoms with Gasteiger partial charge in [-0.05, 0) is 37.6 Å². The molecule has 2 aromatic rings. The van der Waals surface area contributed by atoms with Crippen LogP contribution in [0.3, 0.4) is 0 Å². The van der Waals surface area contributed by atoms with Crippen LogP contribution in [0.15, 0.2) is 18.2 Å². The maximum absolute atomic E-state index is 13.2. The first-order valence-electron chi connectivity index (χ1n) is 10.4. The van der Waals surface area contributed by atoms with E-state index >= 15 is 0 Å². The quantitative estimate of drug-likeness (QED) is 0.624. The van der Waals surface area contributed by atoms with E-state index < -0.39 is 28.0 Å². The van der Waals surface area contributed by atoms with Crippen molar-refractivity contribution in [3.05, 3.63) is 46.4 Å². The molecule has 2 aliphatic rings. The van der Waals surface area contributed by atoms with E-state index in [9.17, 15) is 21.6 Å². The molecule has 1 atom stereocenters. The second-order valence-electron chi connectivity index (χ2n) is 8.08. The number of benzene rings is 1. The van der Waals surface area contributed by atoms with Gasteiger partial charge in [-0.1, -0.05) is 0 Å². The number of nitrogens with two attached hydrogens (primary N) is 1. The summed E-state index contributed by atoms with van der Waals surface area (Å²) >= 11 is 0. The Morgan fingerprint density at radius 3 is 2.48 bits per heavy atom. The Hall–Kier alpha value is -2.48. The van der Waals surface area contributed by atoms with Gasteiger partial charge in [-0.2, -0.15) is 30.2 Å². The third-order valence-corrected chi connectivity index (χ3v) is 7.57. The van der Waals surface area contributed by atoms with Crippen molar-refractivity contribution >= 4 is 21.7 Å². The molecule has 0 spiro atoms. The number of nitrogens with one attached hydrogen (secondary N) is 1. The molecule has 1 aromatic heterocycles. The Balaban J connectivity index is 1.59. The first kappa shape index (κ1) is 23.7. The number of rotatable bonds is 5. The normalized spacial score (nSPS) is 18.8. The van der Waals surface area contributed by atoms with Crippen molar-refractivity contribution in [1.29, 1.82) is 0 Å². The van der Waals surface area contributed by atoms with E-state index in [4.69, 9.17) is 10.5 Å². The summed E-state index contributed by atoms with van der Waals surface area (Å²) in [5.74, 6) is 0.818. The van der Waals surface area contributed by atoms with E-state index in [1.54, 1.807) is 13.8 Å². The molecule has 3 N–H and O–H groups in total. The molecular formula is C20H25F3N6O3S. The molecule has 0 saturated carbocycles. The lowest BCUT2D eigenvalue weighted by Gasteiger charge is -2.29. The molecule has 180 valence electrons. The van der Waals surface area contributed by atoms with Crippen LogP contribution < -0.4 is 11.1 Å². The highest BCUT2D eigenvalue weighted by Crippen LogP contribution is 2.35. The summed E-state index contributed by atoms with van der Waals surface area (Å²) in [6.07, 6.45) is -4.52. The number of aryl methyl sites for hydroxylation is 1. The van der Waals surface area contributed by atoms with Crippen molar-refractivity contribution in [2.24, 2.45) is 0 Å². The van der Waals surface area contributed by atoms with Crippen LogP contribution in [0.5, 0.6) is 0 Å². The number of ether oxygens (including phenoxy) is 1. The van der Waals surface area contributed by atoms with Crippen molar-refractivity contribution in [3.63, 3.8) is 0 Å². The molecule has 0 aliphatic carbocycles. The highest BCUT2D eigenvalue weighted by Gasteiger charge is 2.37. The van der Waals surface area contributed by atoms with E-state index in [0.717, 1.165) is 12.1 Å².